The van der Waals surface area contributed by atoms with Crippen LogP contribution in [-0.2, 0) is 9.59 Å². The minimum absolute atomic E-state index is 0.338. The summed E-state index contributed by atoms with van der Waals surface area (Å²) < 4.78 is 0. The zero-order valence-electron chi connectivity index (χ0n) is 10.3. The predicted molar refractivity (Wildman–Crippen MR) is 75.5 cm³/mol. The van der Waals surface area contributed by atoms with Crippen molar-refractivity contribution in [1.82, 2.24) is 4.90 Å². The standard InChI is InChI=1S/C13H14Cl2N2O2/c14-10-5-4-9(8-11(10)15)16-12(18)13(19)17-6-2-1-3-7-17/h4-5,8H,1-3,6-7H2,(H,16,18). The lowest BCUT2D eigenvalue weighted by Crippen LogP contribution is -2.42. The third-order valence-electron chi connectivity index (χ3n) is 3.01. The van der Waals surface area contributed by atoms with E-state index in [1.807, 2.05) is 0 Å². The molecule has 0 aliphatic carbocycles. The van der Waals surface area contributed by atoms with Crippen molar-refractivity contribution in [2.45, 2.75) is 19.3 Å². The van der Waals surface area contributed by atoms with E-state index in [4.69, 9.17) is 23.2 Å². The van der Waals surface area contributed by atoms with E-state index in [0.717, 1.165) is 19.3 Å². The normalized spacial score (nSPS) is 15.2. The van der Waals surface area contributed by atoms with Crippen LogP contribution in [0.3, 0.4) is 0 Å². The lowest BCUT2D eigenvalue weighted by Gasteiger charge is -2.25. The van der Waals surface area contributed by atoms with Gasteiger partial charge in [0.2, 0.25) is 0 Å². The lowest BCUT2D eigenvalue weighted by atomic mass is 10.1. The van der Waals surface area contributed by atoms with E-state index in [0.29, 0.717) is 28.8 Å². The van der Waals surface area contributed by atoms with E-state index >= 15 is 0 Å². The van der Waals surface area contributed by atoms with Crippen molar-refractivity contribution in [2.75, 3.05) is 18.4 Å². The number of rotatable bonds is 1. The summed E-state index contributed by atoms with van der Waals surface area (Å²) >= 11 is 11.6. The number of nitrogens with one attached hydrogen (secondary N) is 1. The molecule has 1 fully saturated rings. The Kier molecular flexibility index (Phi) is 4.66. The fourth-order valence-corrected chi connectivity index (χ4v) is 2.30. The Morgan fingerprint density at radius 3 is 2.37 bits per heavy atom. The second-order valence-electron chi connectivity index (χ2n) is 4.44. The van der Waals surface area contributed by atoms with Crippen LogP contribution in [0.5, 0.6) is 0 Å². The lowest BCUT2D eigenvalue weighted by molar-refractivity contribution is -0.143. The Balaban J connectivity index is 1.99. The number of amides is 2. The van der Waals surface area contributed by atoms with Gasteiger partial charge in [-0.3, -0.25) is 9.59 Å². The molecule has 0 radical (unpaired) electrons. The maximum atomic E-state index is 11.9. The topological polar surface area (TPSA) is 49.4 Å². The highest BCUT2D eigenvalue weighted by Gasteiger charge is 2.23. The van der Waals surface area contributed by atoms with Crippen LogP contribution < -0.4 is 5.32 Å². The van der Waals surface area contributed by atoms with Crippen molar-refractivity contribution in [3.63, 3.8) is 0 Å². The summed E-state index contributed by atoms with van der Waals surface area (Å²) in [6.45, 7) is 1.29. The third kappa shape index (κ3) is 3.61. The van der Waals surface area contributed by atoms with Gasteiger partial charge < -0.3 is 10.2 Å². The number of carbonyl (C=O) groups excluding carboxylic acids is 2. The van der Waals surface area contributed by atoms with Crippen molar-refractivity contribution < 1.29 is 9.59 Å². The quantitative estimate of drug-likeness (QED) is 0.811. The maximum Gasteiger partial charge on any atom is 0.313 e. The molecule has 6 heteroatoms. The molecular formula is C13H14Cl2N2O2. The van der Waals surface area contributed by atoms with Crippen LogP contribution in [0.15, 0.2) is 18.2 Å². The van der Waals surface area contributed by atoms with Crippen molar-refractivity contribution in [1.29, 1.82) is 0 Å². The van der Waals surface area contributed by atoms with Gasteiger partial charge in [-0.05, 0) is 37.5 Å². The van der Waals surface area contributed by atoms with Gasteiger partial charge in [-0.25, -0.2) is 0 Å². The number of hydrogen-bond donors (Lipinski definition) is 1. The van der Waals surface area contributed by atoms with E-state index in [1.54, 1.807) is 17.0 Å². The summed E-state index contributed by atoms with van der Waals surface area (Å²) in [4.78, 5) is 25.3. The Morgan fingerprint density at radius 1 is 1.05 bits per heavy atom. The molecule has 0 atom stereocenters. The minimum Gasteiger partial charge on any atom is -0.334 e. The average molecular weight is 301 g/mol. The summed E-state index contributed by atoms with van der Waals surface area (Å²) in [5, 5.41) is 3.28. The van der Waals surface area contributed by atoms with Gasteiger partial charge in [0.1, 0.15) is 0 Å². The summed E-state index contributed by atoms with van der Waals surface area (Å²) in [7, 11) is 0. The third-order valence-corrected chi connectivity index (χ3v) is 3.75. The Labute approximate surface area is 121 Å². The number of halogens is 2. The van der Waals surface area contributed by atoms with Crippen molar-refractivity contribution in [2.24, 2.45) is 0 Å². The number of carbonyl (C=O) groups is 2. The molecule has 2 rings (SSSR count). The van der Waals surface area contributed by atoms with Crippen molar-refractivity contribution in [3.8, 4) is 0 Å². The molecule has 0 saturated carbocycles. The first kappa shape index (κ1) is 14.2. The summed E-state index contributed by atoms with van der Waals surface area (Å²) in [5.41, 5.74) is 0.463. The highest BCUT2D eigenvalue weighted by Crippen LogP contribution is 2.25. The van der Waals surface area contributed by atoms with Gasteiger partial charge in [-0.2, -0.15) is 0 Å². The van der Waals surface area contributed by atoms with E-state index < -0.39 is 11.8 Å². The molecule has 4 nitrogen and oxygen atoms in total. The molecule has 0 bridgehead atoms. The molecule has 1 aromatic rings. The second-order valence-corrected chi connectivity index (χ2v) is 5.25. The Hall–Kier alpha value is -1.26. The molecule has 1 N–H and O–H groups in total. The summed E-state index contributed by atoms with van der Waals surface area (Å²) in [6.07, 6.45) is 3.01. The van der Waals surface area contributed by atoms with Gasteiger partial charge in [-0.15, -0.1) is 0 Å². The van der Waals surface area contributed by atoms with Gasteiger partial charge in [-0.1, -0.05) is 23.2 Å². The minimum atomic E-state index is -0.639. The molecule has 19 heavy (non-hydrogen) atoms. The monoisotopic (exact) mass is 300 g/mol. The van der Waals surface area contributed by atoms with Gasteiger partial charge in [0, 0.05) is 18.8 Å². The maximum absolute atomic E-state index is 11.9. The fourth-order valence-electron chi connectivity index (χ4n) is 2.00. The second kappa shape index (κ2) is 6.26. The number of anilines is 1. The molecule has 0 spiro atoms. The van der Waals surface area contributed by atoms with E-state index in [2.05, 4.69) is 5.32 Å². The van der Waals surface area contributed by atoms with Crippen LogP contribution in [0.4, 0.5) is 5.69 Å². The molecule has 1 aromatic carbocycles. The van der Waals surface area contributed by atoms with Crippen LogP contribution in [0, 0.1) is 0 Å². The first-order valence-electron chi connectivity index (χ1n) is 6.13. The molecule has 1 saturated heterocycles. The largest absolute Gasteiger partial charge is 0.334 e. The van der Waals surface area contributed by atoms with Crippen molar-refractivity contribution in [3.05, 3.63) is 28.2 Å². The van der Waals surface area contributed by atoms with Crippen LogP contribution in [0.25, 0.3) is 0 Å². The van der Waals surface area contributed by atoms with Gasteiger partial charge in [0.25, 0.3) is 0 Å². The molecule has 1 aliphatic heterocycles. The van der Waals surface area contributed by atoms with E-state index in [9.17, 15) is 9.59 Å². The van der Waals surface area contributed by atoms with Gasteiger partial charge in [0.05, 0.1) is 10.0 Å². The first-order chi connectivity index (χ1) is 9.08. The Bertz CT molecular complexity index is 499. The Morgan fingerprint density at radius 2 is 1.74 bits per heavy atom. The van der Waals surface area contributed by atoms with E-state index in [-0.39, 0.29) is 0 Å². The smallest absolute Gasteiger partial charge is 0.313 e. The zero-order chi connectivity index (χ0) is 13.8. The van der Waals surface area contributed by atoms with Crippen molar-refractivity contribution >= 4 is 40.7 Å². The van der Waals surface area contributed by atoms with Gasteiger partial charge >= 0.3 is 11.8 Å². The number of nitrogens with zero attached hydrogens (tertiary/aromatic N) is 1. The van der Waals surface area contributed by atoms with Crippen LogP contribution >= 0.6 is 23.2 Å². The number of piperidine rings is 1. The number of benzene rings is 1. The SMILES string of the molecule is O=C(Nc1ccc(Cl)c(Cl)c1)C(=O)N1CCCCC1. The van der Waals surface area contributed by atoms with E-state index in [1.165, 1.54) is 6.07 Å². The molecule has 102 valence electrons. The zero-order valence-corrected chi connectivity index (χ0v) is 11.8. The molecular weight excluding hydrogens is 287 g/mol. The first-order valence-corrected chi connectivity index (χ1v) is 6.89. The molecule has 0 unspecified atom stereocenters. The predicted octanol–water partition coefficient (Wildman–Crippen LogP) is 2.94. The summed E-state index contributed by atoms with van der Waals surface area (Å²) in [6, 6.07) is 4.70. The summed E-state index contributed by atoms with van der Waals surface area (Å²) in [5.74, 6) is -1.13. The fraction of sp³-hybridized carbons (Fsp3) is 0.385. The molecule has 0 aromatic heterocycles. The molecule has 2 amide bonds. The molecule has 1 heterocycles. The highest BCUT2D eigenvalue weighted by molar-refractivity contribution is 6.42. The van der Waals surface area contributed by atoms with Crippen LogP contribution in [0.1, 0.15) is 19.3 Å². The van der Waals surface area contributed by atoms with Gasteiger partial charge in [0.15, 0.2) is 0 Å². The number of likely N-dealkylation sites (tertiary alicyclic amines) is 1. The molecule has 1 aliphatic rings. The van der Waals surface area contributed by atoms with Crippen LogP contribution in [0.2, 0.25) is 10.0 Å². The van der Waals surface area contributed by atoms with Crippen LogP contribution in [-0.4, -0.2) is 29.8 Å². The average Bonchev–Trinajstić information content (AvgIpc) is 2.43. The highest BCUT2D eigenvalue weighted by atomic mass is 35.5. The number of hydrogen-bond acceptors (Lipinski definition) is 2.